The van der Waals surface area contributed by atoms with Crippen LogP contribution in [0.1, 0.15) is 16.1 Å². The van der Waals surface area contributed by atoms with Gasteiger partial charge in [-0.25, -0.2) is 4.68 Å². The summed E-state index contributed by atoms with van der Waals surface area (Å²) in [5.41, 5.74) is 1.63. The molecule has 2 heterocycles. The van der Waals surface area contributed by atoms with Crippen LogP contribution < -0.4 is 5.32 Å². The van der Waals surface area contributed by atoms with Crippen LogP contribution in [0, 0.1) is 0 Å². The molecule has 2 aromatic carbocycles. The minimum absolute atomic E-state index is 0.210. The van der Waals surface area contributed by atoms with Gasteiger partial charge in [0.1, 0.15) is 11.4 Å². The first-order chi connectivity index (χ1) is 12.6. The summed E-state index contributed by atoms with van der Waals surface area (Å²) in [5, 5.41) is 9.12. The molecule has 7 heteroatoms. The first-order valence-electron chi connectivity index (χ1n) is 7.85. The van der Waals surface area contributed by atoms with E-state index in [1.54, 1.807) is 41.2 Å². The summed E-state index contributed by atoms with van der Waals surface area (Å²) in [4.78, 5) is 12.5. The summed E-state index contributed by atoms with van der Waals surface area (Å²) in [6.07, 6.45) is 1.63. The number of rotatable bonds is 4. The number of anilines is 1. The Bertz CT molecular complexity index is 1080. The van der Waals surface area contributed by atoms with Crippen LogP contribution >= 0.6 is 23.2 Å². The van der Waals surface area contributed by atoms with Crippen molar-refractivity contribution in [2.75, 3.05) is 5.32 Å². The van der Waals surface area contributed by atoms with Gasteiger partial charge < -0.3 is 9.73 Å². The van der Waals surface area contributed by atoms with Crippen LogP contribution in [0.2, 0.25) is 10.0 Å². The fourth-order valence-electron chi connectivity index (χ4n) is 2.63. The number of furan rings is 1. The molecule has 0 aliphatic rings. The number of amides is 1. The third-order valence-electron chi connectivity index (χ3n) is 3.91. The summed E-state index contributed by atoms with van der Waals surface area (Å²) in [7, 11) is 0. The van der Waals surface area contributed by atoms with E-state index in [4.69, 9.17) is 27.6 Å². The summed E-state index contributed by atoms with van der Waals surface area (Å²) < 4.78 is 7.29. The van der Waals surface area contributed by atoms with Gasteiger partial charge in [-0.15, -0.1) is 0 Å². The Morgan fingerprint density at radius 3 is 2.62 bits per heavy atom. The average molecular weight is 386 g/mol. The van der Waals surface area contributed by atoms with E-state index < -0.39 is 0 Å². The van der Waals surface area contributed by atoms with Gasteiger partial charge in [0.25, 0.3) is 5.91 Å². The van der Waals surface area contributed by atoms with Crippen LogP contribution in [-0.2, 0) is 6.54 Å². The van der Waals surface area contributed by atoms with E-state index in [-0.39, 0.29) is 11.7 Å². The Balaban J connectivity index is 1.54. The summed E-state index contributed by atoms with van der Waals surface area (Å²) in [6.45, 7) is 0.509. The van der Waals surface area contributed by atoms with Crippen LogP contribution in [-0.4, -0.2) is 15.7 Å². The maximum atomic E-state index is 12.5. The van der Waals surface area contributed by atoms with Gasteiger partial charge in [-0.3, -0.25) is 4.79 Å². The monoisotopic (exact) mass is 385 g/mol. The molecule has 0 fully saturated rings. The predicted molar refractivity (Wildman–Crippen MR) is 102 cm³/mol. The van der Waals surface area contributed by atoms with Gasteiger partial charge in [0.2, 0.25) is 0 Å². The van der Waals surface area contributed by atoms with Crippen LogP contribution in [0.25, 0.3) is 11.0 Å². The highest BCUT2D eigenvalue weighted by Gasteiger charge is 2.15. The minimum Gasteiger partial charge on any atom is -0.451 e. The molecule has 0 unspecified atom stereocenters. The predicted octanol–water partition coefficient (Wildman–Crippen LogP) is 5.24. The van der Waals surface area contributed by atoms with Gasteiger partial charge in [-0.1, -0.05) is 35.3 Å². The fourth-order valence-corrected chi connectivity index (χ4v) is 2.94. The van der Waals surface area contributed by atoms with Crippen molar-refractivity contribution in [3.63, 3.8) is 0 Å². The third kappa shape index (κ3) is 3.45. The molecule has 5 nitrogen and oxygen atoms in total. The van der Waals surface area contributed by atoms with Gasteiger partial charge in [0.15, 0.2) is 5.76 Å². The number of hydrogen-bond acceptors (Lipinski definition) is 3. The molecule has 0 atom stereocenters. The van der Waals surface area contributed by atoms with Crippen LogP contribution in [0.4, 0.5) is 5.82 Å². The molecule has 130 valence electrons. The first kappa shape index (κ1) is 16.7. The van der Waals surface area contributed by atoms with Gasteiger partial charge in [0, 0.05) is 21.5 Å². The van der Waals surface area contributed by atoms with E-state index in [1.807, 2.05) is 24.3 Å². The van der Waals surface area contributed by atoms with Crippen molar-refractivity contribution in [1.82, 2.24) is 9.78 Å². The molecule has 4 rings (SSSR count). The standard InChI is InChI=1S/C19H13Cl2N3O2/c20-14-3-1-12(2-4-14)11-24-18(7-8-22-24)23-19(25)17-10-13-9-15(21)5-6-16(13)26-17/h1-10H,11H2,(H,23,25). The number of carbonyl (C=O) groups excluding carboxylic acids is 1. The van der Waals surface area contributed by atoms with Gasteiger partial charge in [-0.2, -0.15) is 5.10 Å². The average Bonchev–Trinajstić information content (AvgIpc) is 3.23. The van der Waals surface area contributed by atoms with Crippen molar-refractivity contribution >= 4 is 45.9 Å². The van der Waals surface area contributed by atoms with Crippen molar-refractivity contribution in [3.05, 3.63) is 82.2 Å². The highest BCUT2D eigenvalue weighted by molar-refractivity contribution is 6.31. The molecule has 2 aromatic heterocycles. The van der Waals surface area contributed by atoms with Gasteiger partial charge in [0.05, 0.1) is 12.7 Å². The normalized spacial score (nSPS) is 11.0. The van der Waals surface area contributed by atoms with Crippen LogP contribution in [0.5, 0.6) is 0 Å². The van der Waals surface area contributed by atoms with Crippen molar-refractivity contribution in [1.29, 1.82) is 0 Å². The van der Waals surface area contributed by atoms with Crippen LogP contribution in [0.15, 0.2) is 65.2 Å². The molecular formula is C19H13Cl2N3O2. The van der Waals surface area contributed by atoms with Gasteiger partial charge in [-0.05, 0) is 42.0 Å². The number of halogens is 2. The van der Waals surface area contributed by atoms with Crippen molar-refractivity contribution in [3.8, 4) is 0 Å². The Hall–Kier alpha value is -2.76. The number of aromatic nitrogens is 2. The van der Waals surface area contributed by atoms with Gasteiger partial charge >= 0.3 is 0 Å². The first-order valence-corrected chi connectivity index (χ1v) is 8.61. The number of nitrogens with zero attached hydrogens (tertiary/aromatic N) is 2. The van der Waals surface area contributed by atoms with Crippen molar-refractivity contribution in [2.45, 2.75) is 6.54 Å². The Morgan fingerprint density at radius 2 is 1.81 bits per heavy atom. The van der Waals surface area contributed by atoms with Crippen molar-refractivity contribution in [2.24, 2.45) is 0 Å². The lowest BCUT2D eigenvalue weighted by Gasteiger charge is -2.08. The number of fused-ring (bicyclic) bond motifs is 1. The lowest BCUT2D eigenvalue weighted by atomic mass is 10.2. The minimum atomic E-state index is -0.352. The zero-order valence-electron chi connectivity index (χ0n) is 13.4. The number of carbonyl (C=O) groups is 1. The Kier molecular flexibility index (Phi) is 4.41. The zero-order chi connectivity index (χ0) is 18.1. The smallest absolute Gasteiger partial charge is 0.292 e. The lowest BCUT2D eigenvalue weighted by Crippen LogP contribution is -2.15. The molecule has 0 spiro atoms. The maximum absolute atomic E-state index is 12.5. The molecule has 0 saturated heterocycles. The number of hydrogen-bond donors (Lipinski definition) is 1. The number of benzene rings is 2. The Morgan fingerprint density at radius 1 is 1.04 bits per heavy atom. The maximum Gasteiger partial charge on any atom is 0.292 e. The molecule has 0 bridgehead atoms. The highest BCUT2D eigenvalue weighted by Crippen LogP contribution is 2.24. The second kappa shape index (κ2) is 6.86. The largest absolute Gasteiger partial charge is 0.451 e. The molecule has 0 radical (unpaired) electrons. The summed E-state index contributed by atoms with van der Waals surface area (Å²) in [5.74, 6) is 0.431. The quantitative estimate of drug-likeness (QED) is 0.522. The second-order valence-electron chi connectivity index (χ2n) is 5.75. The van der Waals surface area contributed by atoms with E-state index in [9.17, 15) is 4.79 Å². The summed E-state index contributed by atoms with van der Waals surface area (Å²) >= 11 is 11.9. The fraction of sp³-hybridized carbons (Fsp3) is 0.0526. The molecule has 26 heavy (non-hydrogen) atoms. The molecular weight excluding hydrogens is 373 g/mol. The topological polar surface area (TPSA) is 60.1 Å². The summed E-state index contributed by atoms with van der Waals surface area (Å²) in [6, 6.07) is 16.1. The highest BCUT2D eigenvalue weighted by atomic mass is 35.5. The molecule has 1 N–H and O–H groups in total. The lowest BCUT2D eigenvalue weighted by molar-refractivity contribution is 0.0997. The molecule has 0 saturated carbocycles. The van der Waals surface area contributed by atoms with E-state index >= 15 is 0 Å². The van der Waals surface area contributed by atoms with Crippen LogP contribution in [0.3, 0.4) is 0 Å². The molecule has 0 aliphatic carbocycles. The molecule has 0 aliphatic heterocycles. The number of nitrogens with one attached hydrogen (secondary N) is 1. The molecule has 1 amide bonds. The van der Waals surface area contributed by atoms with E-state index in [1.165, 1.54) is 0 Å². The van der Waals surface area contributed by atoms with E-state index in [0.717, 1.165) is 10.9 Å². The zero-order valence-corrected chi connectivity index (χ0v) is 15.0. The Labute approximate surface area is 159 Å². The van der Waals surface area contributed by atoms with E-state index in [2.05, 4.69) is 10.4 Å². The second-order valence-corrected chi connectivity index (χ2v) is 6.62. The third-order valence-corrected chi connectivity index (χ3v) is 4.39. The SMILES string of the molecule is O=C(Nc1ccnn1Cc1ccc(Cl)cc1)c1cc2cc(Cl)ccc2o1. The van der Waals surface area contributed by atoms with Crippen molar-refractivity contribution < 1.29 is 9.21 Å². The van der Waals surface area contributed by atoms with E-state index in [0.29, 0.717) is 28.0 Å². The molecule has 4 aromatic rings.